The summed E-state index contributed by atoms with van der Waals surface area (Å²) in [5, 5.41) is 9.78. The summed E-state index contributed by atoms with van der Waals surface area (Å²) < 4.78 is 11.6. The number of fused-ring (bicyclic) bond motifs is 3. The molecule has 1 N–H and O–H groups in total. The highest BCUT2D eigenvalue weighted by atomic mass is 16.5. The van der Waals surface area contributed by atoms with Crippen LogP contribution in [-0.4, -0.2) is 12.2 Å². The van der Waals surface area contributed by atoms with Crippen LogP contribution < -0.4 is 9.47 Å². The summed E-state index contributed by atoms with van der Waals surface area (Å²) in [7, 11) is 1.68. The number of ether oxygens (including phenoxy) is 2. The number of methoxy groups -OCH3 is 1. The molecule has 1 saturated carbocycles. The molecular weight excluding hydrogens is 276 g/mol. The molecule has 3 nitrogen and oxygen atoms in total. The van der Waals surface area contributed by atoms with Gasteiger partial charge in [-0.2, -0.15) is 0 Å². The van der Waals surface area contributed by atoms with Crippen LogP contribution in [0.2, 0.25) is 0 Å². The van der Waals surface area contributed by atoms with E-state index in [1.165, 1.54) is 30.4 Å². The molecular formula is C19H20O3. The van der Waals surface area contributed by atoms with Crippen LogP contribution in [0.15, 0.2) is 42.5 Å². The summed E-state index contributed by atoms with van der Waals surface area (Å²) in [5.41, 5.74) is 2.38. The minimum atomic E-state index is 0.0930. The maximum Gasteiger partial charge on any atom is 0.127 e. The van der Waals surface area contributed by atoms with E-state index in [9.17, 15) is 5.11 Å². The van der Waals surface area contributed by atoms with Crippen molar-refractivity contribution in [2.75, 3.05) is 7.11 Å². The number of aromatic hydroxyl groups is 1. The molecule has 2 aromatic carbocycles. The lowest BCUT2D eigenvalue weighted by atomic mass is 9.80. The molecule has 22 heavy (non-hydrogen) atoms. The highest BCUT2D eigenvalue weighted by molar-refractivity contribution is 5.45. The van der Waals surface area contributed by atoms with Crippen LogP contribution in [0.3, 0.4) is 0 Å². The molecule has 1 aliphatic heterocycles. The normalized spacial score (nSPS) is 26.0. The summed E-state index contributed by atoms with van der Waals surface area (Å²) in [5.74, 6) is 3.09. The predicted octanol–water partition coefficient (Wildman–Crippen LogP) is 4.42. The number of benzene rings is 2. The van der Waals surface area contributed by atoms with Crippen LogP contribution in [0, 0.1) is 5.92 Å². The van der Waals surface area contributed by atoms with Crippen molar-refractivity contribution in [3.63, 3.8) is 0 Å². The lowest BCUT2D eigenvalue weighted by molar-refractivity contribution is 0.104. The molecule has 0 aromatic heterocycles. The summed E-state index contributed by atoms with van der Waals surface area (Å²) in [6.45, 7) is 0. The van der Waals surface area contributed by atoms with Crippen molar-refractivity contribution in [3.05, 3.63) is 53.6 Å². The van der Waals surface area contributed by atoms with Gasteiger partial charge < -0.3 is 14.6 Å². The zero-order chi connectivity index (χ0) is 15.1. The fourth-order valence-electron chi connectivity index (χ4n) is 4.00. The topological polar surface area (TPSA) is 38.7 Å². The highest BCUT2D eigenvalue weighted by Crippen LogP contribution is 2.54. The molecule has 0 saturated heterocycles. The molecule has 0 amide bonds. The van der Waals surface area contributed by atoms with Gasteiger partial charge in [0, 0.05) is 11.5 Å². The Morgan fingerprint density at radius 3 is 2.68 bits per heavy atom. The maximum atomic E-state index is 9.78. The van der Waals surface area contributed by atoms with Crippen LogP contribution >= 0.6 is 0 Å². The SMILES string of the molecule is COc1ccc(C2Oc3ccc(O)cc3C3CCCC32)cc1. The maximum absolute atomic E-state index is 9.78. The van der Waals surface area contributed by atoms with E-state index in [1.54, 1.807) is 13.2 Å². The standard InChI is InChI=1S/C19H20O3/c1-21-14-8-5-12(6-9-14)19-16-4-2-3-15(16)17-11-13(20)7-10-18(17)22-19/h5-11,15-16,19-20H,2-4H2,1H3. The van der Waals surface area contributed by atoms with E-state index < -0.39 is 0 Å². The van der Waals surface area contributed by atoms with E-state index in [0.29, 0.717) is 17.6 Å². The van der Waals surface area contributed by atoms with Gasteiger partial charge in [0.15, 0.2) is 0 Å². The average molecular weight is 296 g/mol. The van der Waals surface area contributed by atoms with Crippen LogP contribution in [0.25, 0.3) is 0 Å². The van der Waals surface area contributed by atoms with Crippen molar-refractivity contribution in [2.24, 2.45) is 5.92 Å². The van der Waals surface area contributed by atoms with Gasteiger partial charge >= 0.3 is 0 Å². The molecule has 4 rings (SSSR count). The first kappa shape index (κ1) is 13.5. The average Bonchev–Trinajstić information content (AvgIpc) is 3.04. The Hall–Kier alpha value is -2.16. The van der Waals surface area contributed by atoms with Gasteiger partial charge in [0.1, 0.15) is 23.4 Å². The summed E-state index contributed by atoms with van der Waals surface area (Å²) in [6, 6.07) is 13.7. The molecule has 0 spiro atoms. The first-order valence-electron chi connectivity index (χ1n) is 7.90. The summed E-state index contributed by atoms with van der Waals surface area (Å²) in [4.78, 5) is 0. The Kier molecular flexibility index (Phi) is 3.21. The lowest BCUT2D eigenvalue weighted by Crippen LogP contribution is -2.26. The summed E-state index contributed by atoms with van der Waals surface area (Å²) in [6.07, 6.45) is 3.67. The molecule has 1 fully saturated rings. The smallest absolute Gasteiger partial charge is 0.127 e. The van der Waals surface area contributed by atoms with Crippen LogP contribution in [0.5, 0.6) is 17.2 Å². The van der Waals surface area contributed by atoms with Gasteiger partial charge in [0.25, 0.3) is 0 Å². The van der Waals surface area contributed by atoms with Gasteiger partial charge in [-0.25, -0.2) is 0 Å². The highest BCUT2D eigenvalue weighted by Gasteiger charge is 2.41. The van der Waals surface area contributed by atoms with Gasteiger partial charge in [-0.05, 0) is 54.7 Å². The van der Waals surface area contributed by atoms with E-state index in [0.717, 1.165) is 11.5 Å². The fourth-order valence-corrected chi connectivity index (χ4v) is 4.00. The second-order valence-electron chi connectivity index (χ2n) is 6.23. The molecule has 2 aromatic rings. The zero-order valence-electron chi connectivity index (χ0n) is 12.7. The second kappa shape index (κ2) is 5.24. The molecule has 0 bridgehead atoms. The molecule has 1 aliphatic carbocycles. The molecule has 3 unspecified atom stereocenters. The number of rotatable bonds is 2. The monoisotopic (exact) mass is 296 g/mol. The van der Waals surface area contributed by atoms with Crippen molar-refractivity contribution >= 4 is 0 Å². The van der Waals surface area contributed by atoms with Gasteiger partial charge in [-0.1, -0.05) is 18.6 Å². The minimum absolute atomic E-state index is 0.0930. The molecule has 1 heterocycles. The molecule has 3 atom stereocenters. The van der Waals surface area contributed by atoms with Crippen LogP contribution in [-0.2, 0) is 0 Å². The molecule has 114 valence electrons. The Bertz CT molecular complexity index is 678. The van der Waals surface area contributed by atoms with E-state index in [2.05, 4.69) is 12.1 Å². The fraction of sp³-hybridized carbons (Fsp3) is 0.368. The number of hydrogen-bond donors (Lipinski definition) is 1. The largest absolute Gasteiger partial charge is 0.508 e. The quantitative estimate of drug-likeness (QED) is 0.891. The Morgan fingerprint density at radius 2 is 1.91 bits per heavy atom. The second-order valence-corrected chi connectivity index (χ2v) is 6.23. The van der Waals surface area contributed by atoms with Crippen molar-refractivity contribution < 1.29 is 14.6 Å². The number of hydrogen-bond acceptors (Lipinski definition) is 3. The van der Waals surface area contributed by atoms with E-state index in [1.807, 2.05) is 24.3 Å². The molecule has 2 aliphatic rings. The Morgan fingerprint density at radius 1 is 1.09 bits per heavy atom. The number of phenolic OH excluding ortho intramolecular Hbond substituents is 1. The van der Waals surface area contributed by atoms with E-state index in [-0.39, 0.29) is 6.10 Å². The van der Waals surface area contributed by atoms with Gasteiger partial charge in [-0.3, -0.25) is 0 Å². The van der Waals surface area contributed by atoms with E-state index >= 15 is 0 Å². The van der Waals surface area contributed by atoms with Crippen LogP contribution in [0.4, 0.5) is 0 Å². The van der Waals surface area contributed by atoms with Gasteiger partial charge in [0.2, 0.25) is 0 Å². The van der Waals surface area contributed by atoms with Crippen molar-refractivity contribution in [3.8, 4) is 17.2 Å². The first-order valence-corrected chi connectivity index (χ1v) is 7.90. The molecule has 0 radical (unpaired) electrons. The van der Waals surface area contributed by atoms with Crippen LogP contribution in [0.1, 0.15) is 42.4 Å². The minimum Gasteiger partial charge on any atom is -0.508 e. The third kappa shape index (κ3) is 2.12. The van der Waals surface area contributed by atoms with Crippen molar-refractivity contribution in [1.82, 2.24) is 0 Å². The summed E-state index contributed by atoms with van der Waals surface area (Å²) >= 11 is 0. The Labute approximate surface area is 130 Å². The lowest BCUT2D eigenvalue weighted by Gasteiger charge is -2.36. The third-order valence-electron chi connectivity index (χ3n) is 5.05. The number of phenols is 1. The van der Waals surface area contributed by atoms with Crippen molar-refractivity contribution in [1.29, 1.82) is 0 Å². The zero-order valence-corrected chi connectivity index (χ0v) is 12.7. The predicted molar refractivity (Wildman–Crippen MR) is 84.6 cm³/mol. The molecule has 3 heteroatoms. The third-order valence-corrected chi connectivity index (χ3v) is 5.05. The van der Waals surface area contributed by atoms with Crippen molar-refractivity contribution in [2.45, 2.75) is 31.3 Å². The first-order chi connectivity index (χ1) is 10.8. The van der Waals surface area contributed by atoms with E-state index in [4.69, 9.17) is 9.47 Å². The van der Waals surface area contributed by atoms with Gasteiger partial charge in [-0.15, -0.1) is 0 Å². The Balaban J connectivity index is 1.73. The van der Waals surface area contributed by atoms with Gasteiger partial charge in [0.05, 0.1) is 7.11 Å².